The van der Waals surface area contributed by atoms with Crippen LogP contribution < -0.4 is 10.9 Å². The molecule has 6 nitrogen and oxygen atoms in total. The quantitative estimate of drug-likeness (QED) is 0.786. The summed E-state index contributed by atoms with van der Waals surface area (Å²) >= 11 is 6.52. The van der Waals surface area contributed by atoms with Gasteiger partial charge in [0.25, 0.3) is 5.56 Å². The average molecular weight is 392 g/mol. The monoisotopic (exact) mass is 391 g/mol. The maximum Gasteiger partial charge on any atom is 0.277 e. The Hall–Kier alpha value is -1.89. The molecule has 1 N–H and O–H groups in total. The van der Waals surface area contributed by atoms with Crippen LogP contribution in [0.1, 0.15) is 23.2 Å². The lowest BCUT2D eigenvalue weighted by Crippen LogP contribution is -2.35. The lowest BCUT2D eigenvalue weighted by molar-refractivity contribution is 0.126. The van der Waals surface area contributed by atoms with Crippen molar-refractivity contribution in [1.29, 1.82) is 0 Å². The van der Waals surface area contributed by atoms with Gasteiger partial charge in [0.15, 0.2) is 0 Å². The fourth-order valence-corrected chi connectivity index (χ4v) is 3.89. The first-order chi connectivity index (χ1) is 13.0. The molecule has 27 heavy (non-hydrogen) atoms. The summed E-state index contributed by atoms with van der Waals surface area (Å²) in [4.78, 5) is 17.7. The first-order valence-corrected chi connectivity index (χ1v) is 9.47. The SMILES string of the molecule is COCC(COC)Nc1c(C)nc(-c2cc3c(cc2Cl)CCC3)n(C)c1=O. The van der Waals surface area contributed by atoms with E-state index < -0.39 is 0 Å². The number of halogens is 1. The van der Waals surface area contributed by atoms with Gasteiger partial charge in [0, 0.05) is 26.8 Å². The molecule has 146 valence electrons. The van der Waals surface area contributed by atoms with E-state index in [-0.39, 0.29) is 11.6 Å². The van der Waals surface area contributed by atoms with E-state index in [4.69, 9.17) is 26.1 Å². The third kappa shape index (κ3) is 4.03. The Kier molecular flexibility index (Phi) is 6.19. The zero-order chi connectivity index (χ0) is 19.6. The highest BCUT2D eigenvalue weighted by Gasteiger charge is 2.20. The van der Waals surface area contributed by atoms with Crippen molar-refractivity contribution in [1.82, 2.24) is 9.55 Å². The molecule has 0 atom stereocenters. The molecule has 1 aromatic heterocycles. The van der Waals surface area contributed by atoms with Gasteiger partial charge in [0.05, 0.1) is 30.0 Å². The molecule has 7 heteroatoms. The Morgan fingerprint density at radius 1 is 1.22 bits per heavy atom. The van der Waals surface area contributed by atoms with Crippen molar-refractivity contribution in [3.63, 3.8) is 0 Å². The van der Waals surface area contributed by atoms with Gasteiger partial charge >= 0.3 is 0 Å². The predicted molar refractivity (Wildman–Crippen MR) is 108 cm³/mol. The number of fused-ring (bicyclic) bond motifs is 1. The van der Waals surface area contributed by atoms with Crippen LogP contribution >= 0.6 is 11.6 Å². The van der Waals surface area contributed by atoms with Crippen LogP contribution in [-0.4, -0.2) is 43.0 Å². The van der Waals surface area contributed by atoms with Crippen LogP contribution in [0.3, 0.4) is 0 Å². The number of rotatable bonds is 7. The lowest BCUT2D eigenvalue weighted by Gasteiger charge is -2.20. The van der Waals surface area contributed by atoms with Gasteiger partial charge in [0.2, 0.25) is 0 Å². The van der Waals surface area contributed by atoms with Crippen molar-refractivity contribution >= 4 is 17.3 Å². The van der Waals surface area contributed by atoms with Gasteiger partial charge < -0.3 is 14.8 Å². The first-order valence-electron chi connectivity index (χ1n) is 9.10. The van der Waals surface area contributed by atoms with Gasteiger partial charge in [0.1, 0.15) is 11.5 Å². The number of nitrogens with zero attached hydrogens (tertiary/aromatic N) is 2. The third-order valence-corrected chi connectivity index (χ3v) is 5.29. The average Bonchev–Trinajstić information content (AvgIpc) is 3.08. The van der Waals surface area contributed by atoms with E-state index in [1.807, 2.05) is 13.0 Å². The van der Waals surface area contributed by atoms with E-state index in [1.165, 1.54) is 11.1 Å². The van der Waals surface area contributed by atoms with Crippen LogP contribution in [0.4, 0.5) is 5.69 Å². The van der Waals surface area contributed by atoms with Gasteiger partial charge in [-0.05, 0) is 49.4 Å². The number of ether oxygens (including phenoxy) is 2. The van der Waals surface area contributed by atoms with Gasteiger partial charge in [-0.1, -0.05) is 11.6 Å². The molecule has 2 aromatic rings. The summed E-state index contributed by atoms with van der Waals surface area (Å²) in [7, 11) is 4.96. The van der Waals surface area contributed by atoms with E-state index in [0.717, 1.165) is 24.8 Å². The maximum absolute atomic E-state index is 13.0. The standard InChI is InChI=1S/C20H26ClN3O3/c1-12-18(23-15(10-26-3)11-27-4)20(25)24(2)19(22-12)16-8-13-6-5-7-14(13)9-17(16)21/h8-9,15,23H,5-7,10-11H2,1-4H3. The number of nitrogens with one attached hydrogen (secondary N) is 1. The number of benzene rings is 1. The van der Waals surface area contributed by atoms with Crippen molar-refractivity contribution in [3.8, 4) is 11.4 Å². The lowest BCUT2D eigenvalue weighted by atomic mass is 10.1. The first kappa shape index (κ1) is 19.9. The van der Waals surface area contributed by atoms with Crippen LogP contribution in [0.5, 0.6) is 0 Å². The van der Waals surface area contributed by atoms with E-state index in [9.17, 15) is 4.79 Å². The highest BCUT2D eigenvalue weighted by molar-refractivity contribution is 6.33. The van der Waals surface area contributed by atoms with Crippen molar-refractivity contribution in [2.75, 3.05) is 32.8 Å². The molecule has 3 rings (SSSR count). The minimum absolute atomic E-state index is 0.136. The van der Waals surface area contributed by atoms with Crippen molar-refractivity contribution < 1.29 is 9.47 Å². The predicted octanol–water partition coefficient (Wildman–Crippen LogP) is 2.97. The fourth-order valence-electron chi connectivity index (χ4n) is 3.62. The normalized spacial score (nSPS) is 13.3. The molecule has 0 unspecified atom stereocenters. The molecule has 1 heterocycles. The molecule has 0 radical (unpaired) electrons. The van der Waals surface area contributed by atoms with Crippen LogP contribution in [0.25, 0.3) is 11.4 Å². The molecule has 0 saturated carbocycles. The van der Waals surface area contributed by atoms with Crippen LogP contribution in [0.15, 0.2) is 16.9 Å². The van der Waals surface area contributed by atoms with Gasteiger partial charge in [-0.2, -0.15) is 0 Å². The Balaban J connectivity index is 2.02. The Labute approximate surface area is 164 Å². The molecule has 1 aromatic carbocycles. The van der Waals surface area contributed by atoms with E-state index >= 15 is 0 Å². The van der Waals surface area contributed by atoms with E-state index in [2.05, 4.69) is 11.4 Å². The number of hydrogen-bond donors (Lipinski definition) is 1. The summed E-state index contributed by atoms with van der Waals surface area (Å²) in [5, 5.41) is 3.85. The maximum atomic E-state index is 13.0. The minimum Gasteiger partial charge on any atom is -0.382 e. The molecular weight excluding hydrogens is 366 g/mol. The Morgan fingerprint density at radius 2 is 1.85 bits per heavy atom. The third-order valence-electron chi connectivity index (χ3n) is 4.98. The molecular formula is C20H26ClN3O3. The molecule has 1 aliphatic rings. The smallest absolute Gasteiger partial charge is 0.277 e. The zero-order valence-electron chi connectivity index (χ0n) is 16.3. The molecule has 1 aliphatic carbocycles. The molecule has 0 fully saturated rings. The number of aromatic nitrogens is 2. The van der Waals surface area contributed by atoms with Gasteiger partial charge in [-0.15, -0.1) is 0 Å². The Bertz CT molecular complexity index is 889. The summed E-state index contributed by atoms with van der Waals surface area (Å²) in [6.45, 7) is 2.68. The topological polar surface area (TPSA) is 65.4 Å². The number of hydrogen-bond acceptors (Lipinski definition) is 5. The van der Waals surface area contributed by atoms with Gasteiger partial charge in [-0.3, -0.25) is 9.36 Å². The molecule has 0 amide bonds. The highest BCUT2D eigenvalue weighted by atomic mass is 35.5. The number of anilines is 1. The summed E-state index contributed by atoms with van der Waals surface area (Å²) in [6.07, 6.45) is 3.25. The fraction of sp³-hybridized carbons (Fsp3) is 0.500. The van der Waals surface area contributed by atoms with Crippen molar-refractivity contribution in [3.05, 3.63) is 44.3 Å². The van der Waals surface area contributed by atoms with Gasteiger partial charge in [-0.25, -0.2) is 4.98 Å². The minimum atomic E-state index is -0.147. The van der Waals surface area contributed by atoms with Crippen LogP contribution in [0, 0.1) is 6.92 Å². The summed E-state index contributed by atoms with van der Waals surface area (Å²) < 4.78 is 12.0. The van der Waals surface area contributed by atoms with Crippen LogP contribution in [-0.2, 0) is 29.4 Å². The molecule has 0 spiro atoms. The molecule has 0 aliphatic heterocycles. The second-order valence-electron chi connectivity index (χ2n) is 6.97. The number of methoxy groups -OCH3 is 2. The van der Waals surface area contributed by atoms with Crippen molar-refractivity contribution in [2.45, 2.75) is 32.2 Å². The Morgan fingerprint density at radius 3 is 2.48 bits per heavy atom. The zero-order valence-corrected chi connectivity index (χ0v) is 17.0. The van der Waals surface area contributed by atoms with Crippen LogP contribution in [0.2, 0.25) is 5.02 Å². The highest BCUT2D eigenvalue weighted by Crippen LogP contribution is 2.33. The van der Waals surface area contributed by atoms with E-state index in [1.54, 1.807) is 25.8 Å². The van der Waals surface area contributed by atoms with Crippen molar-refractivity contribution in [2.24, 2.45) is 7.05 Å². The molecule has 0 bridgehead atoms. The number of aryl methyl sites for hydroxylation is 3. The van der Waals surface area contributed by atoms with E-state index in [0.29, 0.717) is 35.4 Å². The summed E-state index contributed by atoms with van der Waals surface area (Å²) in [5.41, 5.74) is 4.33. The summed E-state index contributed by atoms with van der Waals surface area (Å²) in [6, 6.07) is 3.96. The second kappa shape index (κ2) is 8.42. The second-order valence-corrected chi connectivity index (χ2v) is 7.37. The largest absolute Gasteiger partial charge is 0.382 e. The summed E-state index contributed by atoms with van der Waals surface area (Å²) in [5.74, 6) is 0.581. The molecule has 0 saturated heterocycles.